The lowest BCUT2D eigenvalue weighted by molar-refractivity contribution is -0.128. The molecule has 0 aromatic rings. The molecule has 0 saturated heterocycles. The van der Waals surface area contributed by atoms with Crippen LogP contribution in [0.1, 0.15) is 51.9 Å². The molecule has 0 unspecified atom stereocenters. The van der Waals surface area contributed by atoms with Crippen molar-refractivity contribution in [3.63, 3.8) is 0 Å². The van der Waals surface area contributed by atoms with Gasteiger partial charge in [0, 0.05) is 33.1 Å². The molecule has 17 heavy (non-hydrogen) atoms. The minimum atomic E-state index is 0.213. The molecule has 1 N–H and O–H groups in total. The Kier molecular flexibility index (Phi) is 6.56. The van der Waals surface area contributed by atoms with E-state index in [0.717, 1.165) is 12.5 Å². The van der Waals surface area contributed by atoms with E-state index in [1.54, 1.807) is 4.90 Å². The molecule has 1 aliphatic rings. The fourth-order valence-electron chi connectivity index (χ4n) is 2.61. The lowest BCUT2D eigenvalue weighted by Crippen LogP contribution is -2.36. The zero-order chi connectivity index (χ0) is 12.7. The zero-order valence-electron chi connectivity index (χ0n) is 11.7. The predicted molar refractivity (Wildman–Crippen MR) is 72.0 cm³/mol. The molecule has 3 nitrogen and oxygen atoms in total. The Morgan fingerprint density at radius 3 is 2.35 bits per heavy atom. The molecule has 1 atom stereocenters. The minimum Gasteiger partial charge on any atom is -0.349 e. The van der Waals surface area contributed by atoms with Crippen LogP contribution in [0.2, 0.25) is 0 Å². The quantitative estimate of drug-likeness (QED) is 0.749. The third kappa shape index (κ3) is 5.53. The van der Waals surface area contributed by atoms with E-state index >= 15 is 0 Å². The molecule has 3 heteroatoms. The minimum absolute atomic E-state index is 0.213. The van der Waals surface area contributed by atoms with Crippen molar-refractivity contribution in [1.29, 1.82) is 0 Å². The molecule has 100 valence electrons. The average molecular weight is 240 g/mol. The van der Waals surface area contributed by atoms with Crippen LogP contribution >= 0.6 is 0 Å². The summed E-state index contributed by atoms with van der Waals surface area (Å²) in [7, 11) is 3.63. The van der Waals surface area contributed by atoms with Crippen molar-refractivity contribution in [2.24, 2.45) is 5.92 Å². The van der Waals surface area contributed by atoms with Gasteiger partial charge in [0.1, 0.15) is 0 Å². The molecule has 1 saturated carbocycles. The molecular formula is C14H28N2O. The van der Waals surface area contributed by atoms with Gasteiger partial charge in [-0.1, -0.05) is 25.7 Å². The van der Waals surface area contributed by atoms with E-state index in [1.807, 2.05) is 14.1 Å². The summed E-state index contributed by atoms with van der Waals surface area (Å²) in [5.41, 5.74) is 0. The van der Waals surface area contributed by atoms with E-state index in [4.69, 9.17) is 0 Å². The summed E-state index contributed by atoms with van der Waals surface area (Å²) in [5, 5.41) is 3.52. The third-order valence-electron chi connectivity index (χ3n) is 3.91. The van der Waals surface area contributed by atoms with Crippen molar-refractivity contribution in [3.8, 4) is 0 Å². The van der Waals surface area contributed by atoms with Crippen LogP contribution in [0.4, 0.5) is 0 Å². The summed E-state index contributed by atoms with van der Waals surface area (Å²) in [6.45, 7) is 3.09. The Hall–Kier alpha value is -0.570. The number of hydrogen-bond donors (Lipinski definition) is 1. The van der Waals surface area contributed by atoms with Gasteiger partial charge in [-0.3, -0.25) is 4.79 Å². The van der Waals surface area contributed by atoms with E-state index in [0.29, 0.717) is 12.5 Å². The summed E-state index contributed by atoms with van der Waals surface area (Å²) in [5.74, 6) is 1.03. The second kappa shape index (κ2) is 7.70. The third-order valence-corrected chi connectivity index (χ3v) is 3.91. The van der Waals surface area contributed by atoms with Crippen molar-refractivity contribution in [1.82, 2.24) is 10.2 Å². The van der Waals surface area contributed by atoms with Crippen LogP contribution in [0.5, 0.6) is 0 Å². The number of carbonyl (C=O) groups excluding carboxylic acids is 1. The highest BCUT2D eigenvalue weighted by Gasteiger charge is 2.18. The van der Waals surface area contributed by atoms with E-state index in [9.17, 15) is 4.79 Å². The van der Waals surface area contributed by atoms with Gasteiger partial charge < -0.3 is 10.2 Å². The van der Waals surface area contributed by atoms with E-state index in [-0.39, 0.29) is 5.91 Å². The maximum absolute atomic E-state index is 11.4. The molecule has 1 amide bonds. The highest BCUT2D eigenvalue weighted by molar-refractivity contribution is 5.75. The summed E-state index contributed by atoms with van der Waals surface area (Å²) < 4.78 is 0. The second-order valence-corrected chi connectivity index (χ2v) is 5.53. The van der Waals surface area contributed by atoms with Gasteiger partial charge in [0.15, 0.2) is 0 Å². The Morgan fingerprint density at radius 2 is 1.82 bits per heavy atom. The normalized spacial score (nSPS) is 19.7. The summed E-state index contributed by atoms with van der Waals surface area (Å²) in [6, 6.07) is 0.558. The Labute approximate surface area is 106 Å². The highest BCUT2D eigenvalue weighted by Crippen LogP contribution is 2.25. The van der Waals surface area contributed by atoms with Crippen LogP contribution in [0.15, 0.2) is 0 Å². The monoisotopic (exact) mass is 240 g/mol. The van der Waals surface area contributed by atoms with Gasteiger partial charge in [-0.2, -0.15) is 0 Å². The van der Waals surface area contributed by atoms with Crippen molar-refractivity contribution in [3.05, 3.63) is 0 Å². The topological polar surface area (TPSA) is 32.3 Å². The molecule has 0 heterocycles. The molecule has 1 rings (SSSR count). The smallest absolute Gasteiger partial charge is 0.223 e. The second-order valence-electron chi connectivity index (χ2n) is 5.53. The largest absolute Gasteiger partial charge is 0.349 e. The first kappa shape index (κ1) is 14.5. The predicted octanol–water partition coefficient (Wildman–Crippen LogP) is 2.41. The van der Waals surface area contributed by atoms with Gasteiger partial charge in [-0.05, 0) is 25.7 Å². The van der Waals surface area contributed by atoms with Crippen LogP contribution in [-0.4, -0.2) is 37.5 Å². The van der Waals surface area contributed by atoms with Gasteiger partial charge in [0.25, 0.3) is 0 Å². The van der Waals surface area contributed by atoms with Crippen molar-refractivity contribution in [2.45, 2.75) is 57.9 Å². The van der Waals surface area contributed by atoms with Crippen LogP contribution in [0.25, 0.3) is 0 Å². The number of hydrogen-bond acceptors (Lipinski definition) is 2. The van der Waals surface area contributed by atoms with E-state index < -0.39 is 0 Å². The Balaban J connectivity index is 2.19. The fourth-order valence-corrected chi connectivity index (χ4v) is 2.61. The lowest BCUT2D eigenvalue weighted by Gasteiger charge is -2.23. The zero-order valence-corrected chi connectivity index (χ0v) is 11.7. The first-order chi connectivity index (χ1) is 8.11. The molecule has 1 fully saturated rings. The van der Waals surface area contributed by atoms with E-state index in [2.05, 4.69) is 12.2 Å². The molecule has 0 aliphatic heterocycles. The molecule has 0 radical (unpaired) electrons. The van der Waals surface area contributed by atoms with Crippen LogP contribution in [0.3, 0.4) is 0 Å². The summed E-state index contributed by atoms with van der Waals surface area (Å²) in [6.07, 6.45) is 8.90. The number of rotatable bonds is 5. The van der Waals surface area contributed by atoms with Gasteiger partial charge >= 0.3 is 0 Å². The SMILES string of the molecule is C[C@H](NCCC(=O)N(C)C)C1CCCCCC1. The molecule has 0 bridgehead atoms. The van der Waals surface area contributed by atoms with Crippen LogP contribution in [-0.2, 0) is 4.79 Å². The molecule has 0 aromatic heterocycles. The first-order valence-corrected chi connectivity index (χ1v) is 7.05. The van der Waals surface area contributed by atoms with Crippen LogP contribution in [0, 0.1) is 5.92 Å². The van der Waals surface area contributed by atoms with E-state index in [1.165, 1.54) is 38.5 Å². The number of carbonyl (C=O) groups is 1. The van der Waals surface area contributed by atoms with Crippen LogP contribution < -0.4 is 5.32 Å². The van der Waals surface area contributed by atoms with Gasteiger partial charge in [0.05, 0.1) is 0 Å². The maximum atomic E-state index is 11.4. The molecular weight excluding hydrogens is 212 g/mol. The number of nitrogens with zero attached hydrogens (tertiary/aromatic N) is 1. The summed E-state index contributed by atoms with van der Waals surface area (Å²) in [4.78, 5) is 13.1. The molecule has 1 aliphatic carbocycles. The number of nitrogens with one attached hydrogen (secondary N) is 1. The Morgan fingerprint density at radius 1 is 1.24 bits per heavy atom. The van der Waals surface area contributed by atoms with Gasteiger partial charge in [0.2, 0.25) is 5.91 Å². The molecule has 0 spiro atoms. The van der Waals surface area contributed by atoms with Gasteiger partial charge in [-0.25, -0.2) is 0 Å². The standard InChI is InChI=1S/C14H28N2O/c1-12(13-8-6-4-5-7-9-13)15-11-10-14(17)16(2)3/h12-13,15H,4-11H2,1-3H3/t12-/m0/s1. The van der Waals surface area contributed by atoms with Crippen molar-refractivity contribution in [2.75, 3.05) is 20.6 Å². The summed E-state index contributed by atoms with van der Waals surface area (Å²) >= 11 is 0. The number of amides is 1. The van der Waals surface area contributed by atoms with Crippen molar-refractivity contribution >= 4 is 5.91 Å². The highest BCUT2D eigenvalue weighted by atomic mass is 16.2. The maximum Gasteiger partial charge on any atom is 0.223 e. The average Bonchev–Trinajstić information content (AvgIpc) is 2.57. The fraction of sp³-hybridized carbons (Fsp3) is 0.929. The van der Waals surface area contributed by atoms with Gasteiger partial charge in [-0.15, -0.1) is 0 Å². The molecule has 0 aromatic carbocycles. The first-order valence-electron chi connectivity index (χ1n) is 7.05. The lowest BCUT2D eigenvalue weighted by atomic mass is 9.93. The Bertz CT molecular complexity index is 220. The van der Waals surface area contributed by atoms with Crippen molar-refractivity contribution < 1.29 is 4.79 Å².